The predicted molar refractivity (Wildman–Crippen MR) is 155 cm³/mol. The number of carbonyl (C=O) groups excluding carboxylic acids is 2. The van der Waals surface area contributed by atoms with E-state index in [1.165, 1.54) is 5.56 Å². The predicted octanol–water partition coefficient (Wildman–Crippen LogP) is 5.46. The van der Waals surface area contributed by atoms with Crippen LogP contribution >= 0.6 is 11.3 Å². The summed E-state index contributed by atoms with van der Waals surface area (Å²) in [6.45, 7) is 13.5. The van der Waals surface area contributed by atoms with Crippen molar-refractivity contribution < 1.29 is 9.59 Å². The number of carbonyl (C=O) groups is 2. The van der Waals surface area contributed by atoms with Crippen LogP contribution in [-0.2, 0) is 11.3 Å². The van der Waals surface area contributed by atoms with Crippen LogP contribution in [0.15, 0.2) is 66.0 Å². The number of fused-ring (bicyclic) bond motifs is 1. The number of anilines is 1. The minimum Gasteiger partial charge on any atom is -0.329 e. The zero-order chi connectivity index (χ0) is 26.6. The first-order valence-electron chi connectivity index (χ1n) is 13.7. The maximum atomic E-state index is 14.0. The Labute approximate surface area is 230 Å². The van der Waals surface area contributed by atoms with Gasteiger partial charge in [-0.3, -0.25) is 14.5 Å². The molecule has 2 atom stereocenters. The van der Waals surface area contributed by atoms with E-state index in [1.807, 2.05) is 58.8 Å². The highest BCUT2D eigenvalue weighted by Crippen LogP contribution is 2.45. The van der Waals surface area contributed by atoms with Crippen LogP contribution in [0.1, 0.15) is 59.1 Å². The van der Waals surface area contributed by atoms with Crippen LogP contribution in [-0.4, -0.2) is 65.8 Å². The van der Waals surface area contributed by atoms with Crippen molar-refractivity contribution in [1.29, 1.82) is 0 Å². The molecule has 1 N–H and O–H groups in total. The van der Waals surface area contributed by atoms with Crippen molar-refractivity contribution in [3.8, 4) is 0 Å². The summed E-state index contributed by atoms with van der Waals surface area (Å²) in [5.74, 6) is -0.287. The largest absolute Gasteiger partial charge is 0.329 e. The number of rotatable bonds is 8. The minimum atomic E-state index is -0.490. The second-order valence-corrected chi connectivity index (χ2v) is 11.8. The summed E-state index contributed by atoms with van der Waals surface area (Å²) in [5.41, 5.74) is 3.46. The summed E-state index contributed by atoms with van der Waals surface area (Å²) in [6.07, 6.45) is 0. The third-order valence-corrected chi connectivity index (χ3v) is 8.60. The van der Waals surface area contributed by atoms with Crippen molar-refractivity contribution in [3.05, 3.63) is 87.6 Å². The molecule has 1 fully saturated rings. The molecular formula is C31H38N4O2S. The Balaban J connectivity index is 1.37. The quantitative estimate of drug-likeness (QED) is 0.420. The van der Waals surface area contributed by atoms with E-state index in [9.17, 15) is 9.59 Å². The molecule has 2 amide bonds. The highest BCUT2D eigenvalue weighted by atomic mass is 32.1. The lowest BCUT2D eigenvalue weighted by Crippen LogP contribution is -2.47. The number of piperazine rings is 1. The lowest BCUT2D eigenvalue weighted by atomic mass is 9.81. The fraction of sp³-hybridized carbons (Fsp3) is 0.419. The first-order chi connectivity index (χ1) is 18.4. The van der Waals surface area contributed by atoms with Gasteiger partial charge in [-0.1, -0.05) is 57.2 Å². The van der Waals surface area contributed by atoms with E-state index in [2.05, 4.69) is 48.0 Å². The molecule has 6 nitrogen and oxygen atoms in total. The molecule has 0 spiro atoms. The molecule has 3 heterocycles. The molecule has 0 unspecified atom stereocenters. The molecule has 1 aromatic heterocycles. The minimum absolute atomic E-state index is 0.000808. The Morgan fingerprint density at radius 2 is 1.68 bits per heavy atom. The second-order valence-electron chi connectivity index (χ2n) is 10.8. The van der Waals surface area contributed by atoms with E-state index in [0.717, 1.165) is 55.4 Å². The van der Waals surface area contributed by atoms with Gasteiger partial charge in [0, 0.05) is 55.4 Å². The van der Waals surface area contributed by atoms with Crippen LogP contribution in [0.25, 0.3) is 0 Å². The first-order valence-corrected chi connectivity index (χ1v) is 14.6. The zero-order valence-electron chi connectivity index (χ0n) is 22.6. The summed E-state index contributed by atoms with van der Waals surface area (Å²) in [4.78, 5) is 35.5. The number of nitrogens with one attached hydrogen (secondary N) is 1. The van der Waals surface area contributed by atoms with Gasteiger partial charge in [0.15, 0.2) is 0 Å². The average Bonchev–Trinajstić information content (AvgIpc) is 3.46. The zero-order valence-corrected chi connectivity index (χ0v) is 23.4. The van der Waals surface area contributed by atoms with Gasteiger partial charge >= 0.3 is 0 Å². The summed E-state index contributed by atoms with van der Waals surface area (Å²) in [5, 5.41) is 5.20. The van der Waals surface area contributed by atoms with E-state index < -0.39 is 5.92 Å². The van der Waals surface area contributed by atoms with Crippen LogP contribution in [0.5, 0.6) is 0 Å². The highest BCUT2D eigenvalue weighted by Gasteiger charge is 2.44. The third kappa shape index (κ3) is 5.70. The first kappa shape index (κ1) is 26.6. The molecule has 0 bridgehead atoms. The van der Waals surface area contributed by atoms with Gasteiger partial charge in [0.25, 0.3) is 5.91 Å². The lowest BCUT2D eigenvalue weighted by molar-refractivity contribution is -0.119. The topological polar surface area (TPSA) is 55.9 Å². The number of likely N-dealkylation sites (N-methyl/N-ethyl adjacent to an activating group) is 1. The van der Waals surface area contributed by atoms with Crippen LogP contribution in [0.2, 0.25) is 0 Å². The van der Waals surface area contributed by atoms with Gasteiger partial charge in [0.05, 0.1) is 12.0 Å². The average molecular weight is 531 g/mol. The molecule has 0 saturated carbocycles. The monoisotopic (exact) mass is 530 g/mol. The molecule has 3 aromatic rings. The van der Waals surface area contributed by atoms with Crippen molar-refractivity contribution >= 4 is 28.8 Å². The summed E-state index contributed by atoms with van der Waals surface area (Å²) >= 11 is 1.60. The summed E-state index contributed by atoms with van der Waals surface area (Å²) < 4.78 is 0. The highest BCUT2D eigenvalue weighted by molar-refractivity contribution is 7.10. The Bertz CT molecular complexity index is 1230. The lowest BCUT2D eigenvalue weighted by Gasteiger charge is -2.42. The van der Waals surface area contributed by atoms with Crippen LogP contribution in [0.3, 0.4) is 0 Å². The third-order valence-electron chi connectivity index (χ3n) is 7.66. The van der Waals surface area contributed by atoms with Gasteiger partial charge in [-0.15, -0.1) is 11.3 Å². The van der Waals surface area contributed by atoms with Gasteiger partial charge < -0.3 is 15.1 Å². The van der Waals surface area contributed by atoms with Gasteiger partial charge in [-0.05, 0) is 53.2 Å². The fourth-order valence-electron chi connectivity index (χ4n) is 5.68. The molecule has 5 rings (SSSR count). The van der Waals surface area contributed by atoms with Gasteiger partial charge in [0.1, 0.15) is 0 Å². The molecule has 0 aliphatic carbocycles. The Morgan fingerprint density at radius 3 is 2.34 bits per heavy atom. The van der Waals surface area contributed by atoms with Crippen molar-refractivity contribution in [2.75, 3.05) is 44.6 Å². The van der Waals surface area contributed by atoms with E-state index in [0.29, 0.717) is 12.1 Å². The Kier molecular flexibility index (Phi) is 8.27. The number of benzene rings is 2. The van der Waals surface area contributed by atoms with Crippen LogP contribution < -0.4 is 5.32 Å². The fourth-order valence-corrected chi connectivity index (χ4v) is 6.56. The van der Waals surface area contributed by atoms with E-state index in [1.54, 1.807) is 11.3 Å². The van der Waals surface area contributed by atoms with E-state index in [-0.39, 0.29) is 23.8 Å². The normalized spacial score (nSPS) is 20.5. The number of hydrogen-bond donors (Lipinski definition) is 1. The van der Waals surface area contributed by atoms with Crippen LogP contribution in [0.4, 0.5) is 5.69 Å². The molecule has 2 aromatic carbocycles. The molecule has 38 heavy (non-hydrogen) atoms. The number of amides is 2. The second kappa shape index (κ2) is 11.8. The van der Waals surface area contributed by atoms with Crippen molar-refractivity contribution in [2.24, 2.45) is 5.92 Å². The SMILES string of the molecule is CCN1CCN(Cc2ccc(NC(=O)[C@H]3c4ccccc4C(=O)N(CC(C)C)[C@H]3c3cccs3)cc2)CC1. The van der Waals surface area contributed by atoms with E-state index >= 15 is 0 Å². The number of thiophene rings is 1. The Hall–Kier alpha value is -3.00. The van der Waals surface area contributed by atoms with Crippen molar-refractivity contribution in [3.63, 3.8) is 0 Å². The van der Waals surface area contributed by atoms with E-state index in [4.69, 9.17) is 0 Å². The van der Waals surface area contributed by atoms with Crippen molar-refractivity contribution in [2.45, 2.75) is 39.3 Å². The molecular weight excluding hydrogens is 492 g/mol. The van der Waals surface area contributed by atoms with Gasteiger partial charge in [-0.25, -0.2) is 0 Å². The van der Waals surface area contributed by atoms with Gasteiger partial charge in [-0.2, -0.15) is 0 Å². The molecule has 0 radical (unpaired) electrons. The smallest absolute Gasteiger partial charge is 0.254 e. The molecule has 2 aliphatic rings. The maximum Gasteiger partial charge on any atom is 0.254 e. The molecule has 200 valence electrons. The molecule has 2 aliphatic heterocycles. The summed E-state index contributed by atoms with van der Waals surface area (Å²) in [6, 6.07) is 19.5. The van der Waals surface area contributed by atoms with Crippen LogP contribution in [0, 0.1) is 5.92 Å². The molecule has 1 saturated heterocycles. The maximum absolute atomic E-state index is 14.0. The number of hydrogen-bond acceptors (Lipinski definition) is 5. The van der Waals surface area contributed by atoms with Crippen molar-refractivity contribution in [1.82, 2.24) is 14.7 Å². The Morgan fingerprint density at radius 1 is 0.974 bits per heavy atom. The standard InChI is InChI=1S/C31H38N4O2S/c1-4-33-15-17-34(18-16-33)21-23-11-13-24(14-12-23)32-30(36)28-25-8-5-6-9-26(25)31(37)35(20-22(2)3)29(28)27-10-7-19-38-27/h5-14,19,22,28-29H,4,15-18,20-21H2,1-3H3,(H,32,36)/t28-,29-/m0/s1. The summed E-state index contributed by atoms with van der Waals surface area (Å²) in [7, 11) is 0. The van der Waals surface area contributed by atoms with Gasteiger partial charge in [0.2, 0.25) is 5.91 Å². The molecule has 7 heteroatoms. The number of nitrogens with zero attached hydrogens (tertiary/aromatic N) is 3.